The molecule has 1 amide bonds. The fraction of sp³-hybridized carbons (Fsp3) is 0.375. The van der Waals surface area contributed by atoms with E-state index in [-0.39, 0.29) is 11.9 Å². The number of hydrogen-bond acceptors (Lipinski definition) is 4. The molecule has 2 rings (SSSR count). The summed E-state index contributed by atoms with van der Waals surface area (Å²) in [5.41, 5.74) is 0.994. The zero-order valence-corrected chi connectivity index (χ0v) is 13.1. The van der Waals surface area contributed by atoms with Gasteiger partial charge in [-0.25, -0.2) is 0 Å². The number of benzene rings is 1. The summed E-state index contributed by atoms with van der Waals surface area (Å²) in [6.45, 7) is 2.34. The van der Waals surface area contributed by atoms with Gasteiger partial charge in [-0.1, -0.05) is 12.1 Å². The summed E-state index contributed by atoms with van der Waals surface area (Å²) < 4.78 is 12.3. The van der Waals surface area contributed by atoms with Gasteiger partial charge in [0.2, 0.25) is 5.91 Å². The molecule has 6 heteroatoms. The Balaban J connectivity index is 1.92. The quantitative estimate of drug-likeness (QED) is 0.847. The Hall–Kier alpha value is -2.50. The summed E-state index contributed by atoms with van der Waals surface area (Å²) >= 11 is 0. The lowest BCUT2D eigenvalue weighted by Crippen LogP contribution is -2.32. The van der Waals surface area contributed by atoms with E-state index in [9.17, 15) is 4.79 Å². The molecule has 1 N–H and O–H groups in total. The monoisotopic (exact) mass is 303 g/mol. The molecule has 0 bridgehead atoms. The first-order valence-corrected chi connectivity index (χ1v) is 7.14. The van der Waals surface area contributed by atoms with Crippen molar-refractivity contribution < 1.29 is 14.3 Å². The molecule has 0 aliphatic heterocycles. The van der Waals surface area contributed by atoms with E-state index in [2.05, 4.69) is 10.4 Å². The topological polar surface area (TPSA) is 65.4 Å². The summed E-state index contributed by atoms with van der Waals surface area (Å²) in [5.74, 6) is 1.33. The van der Waals surface area contributed by atoms with Crippen LogP contribution >= 0.6 is 0 Å². The Bertz CT molecular complexity index is 611. The largest absolute Gasteiger partial charge is 0.493 e. The van der Waals surface area contributed by atoms with Crippen LogP contribution in [0.5, 0.6) is 11.5 Å². The lowest BCUT2D eigenvalue weighted by atomic mass is 10.1. The van der Waals surface area contributed by atoms with E-state index < -0.39 is 0 Å². The second kappa shape index (κ2) is 7.49. The summed E-state index contributed by atoms with van der Waals surface area (Å²) in [6, 6.07) is 7.18. The Morgan fingerprint density at radius 2 is 2.14 bits per heavy atom. The van der Waals surface area contributed by atoms with Crippen molar-refractivity contribution in [3.63, 3.8) is 0 Å². The number of hydrogen-bond donors (Lipinski definition) is 1. The molecule has 0 aliphatic carbocycles. The molecule has 6 nitrogen and oxygen atoms in total. The third kappa shape index (κ3) is 3.58. The van der Waals surface area contributed by atoms with Gasteiger partial charge < -0.3 is 14.8 Å². The zero-order valence-electron chi connectivity index (χ0n) is 13.1. The minimum absolute atomic E-state index is 0.0643. The van der Waals surface area contributed by atoms with E-state index in [4.69, 9.17) is 9.47 Å². The van der Waals surface area contributed by atoms with Crippen LogP contribution < -0.4 is 14.8 Å². The maximum absolute atomic E-state index is 12.1. The van der Waals surface area contributed by atoms with Crippen molar-refractivity contribution in [2.75, 3.05) is 20.8 Å². The minimum atomic E-state index is -0.331. The summed E-state index contributed by atoms with van der Waals surface area (Å²) in [5, 5.41) is 6.98. The average Bonchev–Trinajstić information content (AvgIpc) is 3.08. The Labute approximate surface area is 130 Å². The molecule has 2 aromatic rings. The van der Waals surface area contributed by atoms with Crippen LogP contribution in [0.2, 0.25) is 0 Å². The van der Waals surface area contributed by atoms with Gasteiger partial charge in [-0.15, -0.1) is 0 Å². The van der Waals surface area contributed by atoms with E-state index >= 15 is 0 Å². The van der Waals surface area contributed by atoms with E-state index in [1.54, 1.807) is 37.4 Å². The number of carbonyl (C=O) groups excluding carboxylic acids is 1. The van der Waals surface area contributed by atoms with Gasteiger partial charge in [0.15, 0.2) is 11.5 Å². The zero-order chi connectivity index (χ0) is 15.9. The third-order valence-electron chi connectivity index (χ3n) is 3.48. The summed E-state index contributed by atoms with van der Waals surface area (Å²) in [4.78, 5) is 12.1. The molecule has 1 heterocycles. The molecule has 118 valence electrons. The summed E-state index contributed by atoms with van der Waals surface area (Å²) in [7, 11) is 3.22. The van der Waals surface area contributed by atoms with E-state index in [1.807, 2.05) is 25.1 Å². The van der Waals surface area contributed by atoms with Crippen molar-refractivity contribution in [3.8, 4) is 11.5 Å². The minimum Gasteiger partial charge on any atom is -0.493 e. The van der Waals surface area contributed by atoms with Crippen LogP contribution in [0.1, 0.15) is 18.5 Å². The van der Waals surface area contributed by atoms with Gasteiger partial charge in [-0.05, 0) is 31.0 Å². The van der Waals surface area contributed by atoms with E-state index in [0.717, 1.165) is 5.56 Å². The van der Waals surface area contributed by atoms with Gasteiger partial charge in [0.1, 0.15) is 6.04 Å². The first-order valence-electron chi connectivity index (χ1n) is 7.14. The van der Waals surface area contributed by atoms with E-state index in [0.29, 0.717) is 24.5 Å². The molecule has 1 atom stereocenters. The molecule has 22 heavy (non-hydrogen) atoms. The first-order chi connectivity index (χ1) is 10.7. The fourth-order valence-corrected chi connectivity index (χ4v) is 2.25. The Morgan fingerprint density at radius 1 is 1.32 bits per heavy atom. The number of methoxy groups -OCH3 is 2. The van der Waals surface area contributed by atoms with Gasteiger partial charge in [-0.3, -0.25) is 9.48 Å². The van der Waals surface area contributed by atoms with Crippen LogP contribution in [-0.2, 0) is 11.2 Å². The van der Waals surface area contributed by atoms with Gasteiger partial charge in [-0.2, -0.15) is 5.10 Å². The van der Waals surface area contributed by atoms with Crippen LogP contribution in [0.4, 0.5) is 0 Å². The average molecular weight is 303 g/mol. The second-order valence-corrected chi connectivity index (χ2v) is 4.86. The normalized spacial score (nSPS) is 11.8. The Morgan fingerprint density at radius 3 is 2.77 bits per heavy atom. The smallest absolute Gasteiger partial charge is 0.244 e. The number of nitrogens with zero attached hydrogens (tertiary/aromatic N) is 2. The van der Waals surface area contributed by atoms with Crippen LogP contribution in [-0.4, -0.2) is 36.5 Å². The van der Waals surface area contributed by atoms with Gasteiger partial charge >= 0.3 is 0 Å². The van der Waals surface area contributed by atoms with Crippen molar-refractivity contribution in [2.45, 2.75) is 19.4 Å². The molecule has 0 aliphatic rings. The number of rotatable bonds is 7. The fourth-order valence-electron chi connectivity index (χ4n) is 2.25. The van der Waals surface area contributed by atoms with Gasteiger partial charge in [0.05, 0.1) is 14.2 Å². The SMILES string of the molecule is COc1cccc(CCNC(=O)[C@@H](C)n2cccn2)c1OC. The number of amides is 1. The molecular weight excluding hydrogens is 282 g/mol. The highest BCUT2D eigenvalue weighted by Crippen LogP contribution is 2.30. The molecule has 0 saturated heterocycles. The van der Waals surface area contributed by atoms with Gasteiger partial charge in [0, 0.05) is 18.9 Å². The standard InChI is InChI=1S/C16H21N3O3/c1-12(19-11-5-9-18-19)16(20)17-10-8-13-6-4-7-14(21-2)15(13)22-3/h4-7,9,11-12H,8,10H2,1-3H3,(H,17,20)/t12-/m1/s1. The number of nitrogens with one attached hydrogen (secondary N) is 1. The van der Waals surface area contributed by atoms with Crippen molar-refractivity contribution in [3.05, 3.63) is 42.2 Å². The number of ether oxygens (including phenoxy) is 2. The Kier molecular flexibility index (Phi) is 5.41. The summed E-state index contributed by atoms with van der Waals surface area (Å²) in [6.07, 6.45) is 4.10. The molecule has 0 unspecified atom stereocenters. The molecule has 1 aromatic heterocycles. The van der Waals surface area contributed by atoms with Gasteiger partial charge in [0.25, 0.3) is 0 Å². The lowest BCUT2D eigenvalue weighted by Gasteiger charge is -2.14. The van der Waals surface area contributed by atoms with Crippen molar-refractivity contribution in [2.24, 2.45) is 0 Å². The number of aromatic nitrogens is 2. The predicted molar refractivity (Wildman–Crippen MR) is 83.2 cm³/mol. The molecule has 0 fully saturated rings. The third-order valence-corrected chi connectivity index (χ3v) is 3.48. The van der Waals surface area contributed by atoms with E-state index in [1.165, 1.54) is 0 Å². The van der Waals surface area contributed by atoms with Crippen LogP contribution in [0, 0.1) is 0 Å². The van der Waals surface area contributed by atoms with Crippen molar-refractivity contribution >= 4 is 5.91 Å². The predicted octanol–water partition coefficient (Wildman–Crippen LogP) is 1.82. The van der Waals surface area contributed by atoms with Crippen molar-refractivity contribution in [1.82, 2.24) is 15.1 Å². The highest BCUT2D eigenvalue weighted by Gasteiger charge is 2.15. The highest BCUT2D eigenvalue weighted by atomic mass is 16.5. The molecule has 0 spiro atoms. The molecule has 0 radical (unpaired) electrons. The lowest BCUT2D eigenvalue weighted by molar-refractivity contribution is -0.124. The first kappa shape index (κ1) is 15.9. The number of carbonyl (C=O) groups is 1. The van der Waals surface area contributed by atoms with Crippen LogP contribution in [0.25, 0.3) is 0 Å². The second-order valence-electron chi connectivity index (χ2n) is 4.86. The maximum Gasteiger partial charge on any atom is 0.244 e. The molecule has 0 saturated carbocycles. The van der Waals surface area contributed by atoms with Crippen LogP contribution in [0.15, 0.2) is 36.7 Å². The highest BCUT2D eigenvalue weighted by molar-refractivity contribution is 5.79. The maximum atomic E-state index is 12.1. The van der Waals surface area contributed by atoms with Crippen molar-refractivity contribution in [1.29, 1.82) is 0 Å². The number of para-hydroxylation sites is 1. The van der Waals surface area contributed by atoms with Crippen LogP contribution in [0.3, 0.4) is 0 Å². The molecule has 1 aromatic carbocycles. The molecular formula is C16H21N3O3.